The third-order valence-electron chi connectivity index (χ3n) is 5.69. The average molecular weight is 394 g/mol. The van der Waals surface area contributed by atoms with Gasteiger partial charge in [-0.05, 0) is 47.9 Å². The minimum Gasteiger partial charge on any atom is -0.497 e. The zero-order valence-electron chi connectivity index (χ0n) is 17.1. The molecular formula is C23H29N4O2+. The molecule has 0 bridgehead atoms. The number of aromatic nitrogens is 1. The molecule has 0 atom stereocenters. The molecule has 0 unspecified atom stereocenters. The van der Waals surface area contributed by atoms with Crippen molar-refractivity contribution in [1.29, 1.82) is 0 Å². The largest absolute Gasteiger partial charge is 0.497 e. The number of rotatable bonds is 6. The molecule has 1 aromatic heterocycles. The summed E-state index contributed by atoms with van der Waals surface area (Å²) >= 11 is 0. The van der Waals surface area contributed by atoms with Crippen molar-refractivity contribution in [2.24, 2.45) is 0 Å². The molecule has 3 N–H and O–H groups in total. The second-order valence-corrected chi connectivity index (χ2v) is 7.73. The molecule has 2 aromatic carbocycles. The van der Waals surface area contributed by atoms with E-state index >= 15 is 0 Å². The van der Waals surface area contributed by atoms with Crippen LogP contribution in [0, 0.1) is 0 Å². The maximum Gasteiger partial charge on any atom is 0.234 e. The Morgan fingerprint density at radius 1 is 1.14 bits per heavy atom. The number of methoxy groups -OCH3 is 1. The SMILES string of the molecule is COc1ccc(-c2[nH]c3ccccc3c2CCC(=O)NN2CC[NH+](C)CC2)cc1. The summed E-state index contributed by atoms with van der Waals surface area (Å²) < 4.78 is 5.28. The molecule has 6 heteroatoms. The van der Waals surface area contributed by atoms with Gasteiger partial charge in [0.1, 0.15) is 5.75 Å². The Morgan fingerprint density at radius 2 is 1.86 bits per heavy atom. The Balaban J connectivity index is 1.52. The van der Waals surface area contributed by atoms with Crippen LogP contribution in [0.4, 0.5) is 0 Å². The summed E-state index contributed by atoms with van der Waals surface area (Å²) in [5, 5.41) is 3.23. The van der Waals surface area contributed by atoms with Gasteiger partial charge in [0.25, 0.3) is 0 Å². The van der Waals surface area contributed by atoms with E-state index in [-0.39, 0.29) is 5.91 Å². The van der Waals surface area contributed by atoms with E-state index in [1.54, 1.807) is 7.11 Å². The highest BCUT2D eigenvalue weighted by atomic mass is 16.5. The molecule has 1 saturated heterocycles. The van der Waals surface area contributed by atoms with E-state index in [1.807, 2.05) is 24.3 Å². The van der Waals surface area contributed by atoms with Crippen molar-refractivity contribution in [1.82, 2.24) is 15.4 Å². The Kier molecular flexibility index (Phi) is 5.83. The molecule has 1 amide bonds. The molecule has 6 nitrogen and oxygen atoms in total. The molecule has 1 aliphatic rings. The van der Waals surface area contributed by atoms with Crippen LogP contribution in [0.5, 0.6) is 5.75 Å². The fourth-order valence-electron chi connectivity index (χ4n) is 3.93. The van der Waals surface area contributed by atoms with E-state index in [0.717, 1.165) is 48.7 Å². The van der Waals surface area contributed by atoms with Crippen LogP contribution in [-0.4, -0.2) is 56.2 Å². The van der Waals surface area contributed by atoms with Crippen molar-refractivity contribution in [2.75, 3.05) is 40.3 Å². The van der Waals surface area contributed by atoms with Gasteiger partial charge < -0.3 is 14.6 Å². The summed E-state index contributed by atoms with van der Waals surface area (Å²) in [5.74, 6) is 0.912. The number of quaternary nitrogens is 1. The summed E-state index contributed by atoms with van der Waals surface area (Å²) in [6.45, 7) is 3.93. The predicted octanol–water partition coefficient (Wildman–Crippen LogP) is 1.64. The van der Waals surface area contributed by atoms with Gasteiger partial charge in [-0.1, -0.05) is 18.2 Å². The summed E-state index contributed by atoms with van der Waals surface area (Å²) in [6, 6.07) is 16.3. The number of aryl methyl sites for hydroxylation is 1. The van der Waals surface area contributed by atoms with Gasteiger partial charge in [-0.3, -0.25) is 10.2 Å². The van der Waals surface area contributed by atoms with Crippen molar-refractivity contribution in [2.45, 2.75) is 12.8 Å². The van der Waals surface area contributed by atoms with Crippen molar-refractivity contribution in [3.8, 4) is 17.0 Å². The number of carbonyl (C=O) groups excluding carboxylic acids is 1. The van der Waals surface area contributed by atoms with E-state index in [9.17, 15) is 4.79 Å². The lowest BCUT2D eigenvalue weighted by Crippen LogP contribution is -3.12. The Labute approximate surface area is 171 Å². The summed E-state index contributed by atoms with van der Waals surface area (Å²) in [6.07, 6.45) is 1.15. The number of fused-ring (bicyclic) bond motifs is 1. The third kappa shape index (κ3) is 4.44. The number of nitrogens with one attached hydrogen (secondary N) is 3. The number of para-hydroxylation sites is 1. The van der Waals surface area contributed by atoms with Crippen molar-refractivity contribution >= 4 is 16.8 Å². The number of benzene rings is 2. The lowest BCUT2D eigenvalue weighted by Gasteiger charge is -2.30. The molecular weight excluding hydrogens is 364 g/mol. The monoisotopic (exact) mass is 393 g/mol. The van der Waals surface area contributed by atoms with Crippen LogP contribution in [0.3, 0.4) is 0 Å². The van der Waals surface area contributed by atoms with Crippen molar-refractivity contribution in [3.63, 3.8) is 0 Å². The predicted molar refractivity (Wildman–Crippen MR) is 115 cm³/mol. The molecule has 0 spiro atoms. The van der Waals surface area contributed by atoms with Crippen LogP contribution >= 0.6 is 0 Å². The number of H-pyrrole nitrogens is 1. The van der Waals surface area contributed by atoms with Gasteiger partial charge in [0.05, 0.1) is 40.3 Å². The van der Waals surface area contributed by atoms with Gasteiger partial charge in [-0.2, -0.15) is 0 Å². The number of nitrogens with zero attached hydrogens (tertiary/aromatic N) is 1. The van der Waals surface area contributed by atoms with Crippen LogP contribution in [-0.2, 0) is 11.2 Å². The highest BCUT2D eigenvalue weighted by molar-refractivity contribution is 5.91. The van der Waals surface area contributed by atoms with E-state index < -0.39 is 0 Å². The highest BCUT2D eigenvalue weighted by Crippen LogP contribution is 2.32. The van der Waals surface area contributed by atoms with Crippen LogP contribution in [0.25, 0.3) is 22.2 Å². The molecule has 0 aliphatic carbocycles. The summed E-state index contributed by atoms with van der Waals surface area (Å²) in [5.41, 5.74) is 7.53. The Bertz CT molecular complexity index is 972. The molecule has 2 heterocycles. The van der Waals surface area contributed by atoms with Gasteiger partial charge in [-0.25, -0.2) is 5.01 Å². The summed E-state index contributed by atoms with van der Waals surface area (Å²) in [7, 11) is 3.86. The second kappa shape index (κ2) is 8.68. The van der Waals surface area contributed by atoms with E-state index in [2.05, 4.69) is 46.7 Å². The molecule has 0 radical (unpaired) electrons. The first-order valence-electron chi connectivity index (χ1n) is 10.2. The first kappa shape index (κ1) is 19.5. The zero-order valence-corrected chi connectivity index (χ0v) is 17.1. The van der Waals surface area contributed by atoms with Gasteiger partial charge in [0.2, 0.25) is 5.91 Å². The topological polar surface area (TPSA) is 61.8 Å². The number of hydrogen-bond donors (Lipinski definition) is 3. The second-order valence-electron chi connectivity index (χ2n) is 7.73. The van der Waals surface area contributed by atoms with Crippen LogP contribution in [0.2, 0.25) is 0 Å². The fourth-order valence-corrected chi connectivity index (χ4v) is 3.93. The van der Waals surface area contributed by atoms with Crippen molar-refractivity contribution in [3.05, 3.63) is 54.1 Å². The number of piperazine rings is 1. The number of amides is 1. The smallest absolute Gasteiger partial charge is 0.234 e. The van der Waals surface area contributed by atoms with Crippen molar-refractivity contribution < 1.29 is 14.4 Å². The number of carbonyl (C=O) groups is 1. The minimum atomic E-state index is 0.0792. The highest BCUT2D eigenvalue weighted by Gasteiger charge is 2.19. The van der Waals surface area contributed by atoms with E-state index in [4.69, 9.17) is 4.74 Å². The minimum absolute atomic E-state index is 0.0792. The van der Waals surface area contributed by atoms with Gasteiger partial charge in [-0.15, -0.1) is 0 Å². The van der Waals surface area contributed by atoms with Gasteiger partial charge in [0.15, 0.2) is 0 Å². The number of hydrogen-bond acceptors (Lipinski definition) is 3. The lowest BCUT2D eigenvalue weighted by molar-refractivity contribution is -0.884. The molecule has 29 heavy (non-hydrogen) atoms. The first-order chi connectivity index (χ1) is 14.1. The van der Waals surface area contributed by atoms with Crippen LogP contribution < -0.4 is 15.1 Å². The average Bonchev–Trinajstić information content (AvgIpc) is 3.12. The maximum absolute atomic E-state index is 12.6. The van der Waals surface area contributed by atoms with E-state index in [0.29, 0.717) is 12.8 Å². The number of likely N-dealkylation sites (N-methyl/N-ethyl adjacent to an activating group) is 1. The number of aromatic amines is 1. The Hall–Kier alpha value is -2.83. The third-order valence-corrected chi connectivity index (χ3v) is 5.69. The van der Waals surface area contributed by atoms with Crippen LogP contribution in [0.15, 0.2) is 48.5 Å². The quantitative estimate of drug-likeness (QED) is 0.597. The Morgan fingerprint density at radius 3 is 2.59 bits per heavy atom. The standard InChI is InChI=1S/C23H28N4O2/c1-26-13-15-27(16-14-26)25-22(28)12-11-20-19-5-3-4-6-21(19)24-23(20)17-7-9-18(29-2)10-8-17/h3-10,24H,11-16H2,1-2H3,(H,25,28)/p+1. The number of hydrazine groups is 1. The van der Waals surface area contributed by atoms with E-state index in [1.165, 1.54) is 15.8 Å². The molecule has 4 rings (SSSR count). The lowest BCUT2D eigenvalue weighted by atomic mass is 10.0. The number of ether oxygens (including phenoxy) is 1. The maximum atomic E-state index is 12.6. The van der Waals surface area contributed by atoms with Crippen LogP contribution in [0.1, 0.15) is 12.0 Å². The zero-order chi connectivity index (χ0) is 20.2. The fraction of sp³-hybridized carbons (Fsp3) is 0.348. The molecule has 1 aliphatic heterocycles. The molecule has 0 saturated carbocycles. The normalized spacial score (nSPS) is 15.5. The van der Waals surface area contributed by atoms with Gasteiger partial charge in [0, 0.05) is 23.0 Å². The summed E-state index contributed by atoms with van der Waals surface area (Å²) in [4.78, 5) is 17.6. The molecule has 152 valence electrons. The molecule has 1 fully saturated rings. The molecule has 3 aromatic rings. The van der Waals surface area contributed by atoms with Gasteiger partial charge >= 0.3 is 0 Å². The first-order valence-corrected chi connectivity index (χ1v) is 10.2.